The maximum atomic E-state index is 12.3. The van der Waals surface area contributed by atoms with E-state index in [2.05, 4.69) is 10.0 Å². The Balaban J connectivity index is 1.67. The van der Waals surface area contributed by atoms with E-state index in [1.165, 1.54) is 12.1 Å². The van der Waals surface area contributed by atoms with Crippen LogP contribution in [0.25, 0.3) is 0 Å². The lowest BCUT2D eigenvalue weighted by atomic mass is 10.2. The molecule has 120 valence electrons. The number of amides is 1. The summed E-state index contributed by atoms with van der Waals surface area (Å²) in [6, 6.07) is 6.35. The molecule has 2 N–H and O–H groups in total. The summed E-state index contributed by atoms with van der Waals surface area (Å²) < 4.78 is 32.6. The Morgan fingerprint density at radius 2 is 2.09 bits per heavy atom. The van der Waals surface area contributed by atoms with Gasteiger partial charge in [0.1, 0.15) is 0 Å². The fourth-order valence-corrected chi connectivity index (χ4v) is 3.50. The molecule has 1 atom stereocenters. The van der Waals surface area contributed by atoms with Crippen molar-refractivity contribution in [3.8, 4) is 0 Å². The molecule has 1 aliphatic carbocycles. The molecular formula is C15H20N2O4S. The maximum Gasteiger partial charge on any atom is 0.251 e. The molecule has 0 radical (unpaired) electrons. The predicted octanol–water partition coefficient (Wildman–Crippen LogP) is 1.04. The monoisotopic (exact) mass is 324 g/mol. The van der Waals surface area contributed by atoms with Gasteiger partial charge in [0.2, 0.25) is 10.0 Å². The van der Waals surface area contributed by atoms with Gasteiger partial charge in [0, 0.05) is 24.8 Å². The van der Waals surface area contributed by atoms with E-state index in [1.807, 2.05) is 0 Å². The molecule has 1 aromatic carbocycles. The zero-order valence-electron chi connectivity index (χ0n) is 12.2. The average Bonchev–Trinajstić information content (AvgIpc) is 3.16. The van der Waals surface area contributed by atoms with E-state index in [0.717, 1.165) is 25.7 Å². The first-order valence-corrected chi connectivity index (χ1v) is 9.05. The van der Waals surface area contributed by atoms with Crippen molar-refractivity contribution in [3.63, 3.8) is 0 Å². The smallest absolute Gasteiger partial charge is 0.251 e. The van der Waals surface area contributed by atoms with Crippen molar-refractivity contribution in [1.82, 2.24) is 10.0 Å². The van der Waals surface area contributed by atoms with Crippen LogP contribution in [0.4, 0.5) is 0 Å². The third kappa shape index (κ3) is 3.85. The van der Waals surface area contributed by atoms with Gasteiger partial charge in [-0.2, -0.15) is 0 Å². The van der Waals surface area contributed by atoms with Gasteiger partial charge < -0.3 is 10.1 Å². The summed E-state index contributed by atoms with van der Waals surface area (Å²) in [6.07, 6.45) is 3.76. The molecule has 1 amide bonds. The molecular weight excluding hydrogens is 304 g/mol. The van der Waals surface area contributed by atoms with Crippen LogP contribution in [0.15, 0.2) is 29.2 Å². The normalized spacial score (nSPS) is 21.7. The van der Waals surface area contributed by atoms with Crippen molar-refractivity contribution in [2.75, 3.05) is 13.2 Å². The minimum atomic E-state index is -3.63. The molecule has 0 unspecified atom stereocenters. The van der Waals surface area contributed by atoms with Crippen LogP contribution < -0.4 is 10.0 Å². The molecule has 22 heavy (non-hydrogen) atoms. The standard InChI is InChI=1S/C15H20N2O4S/c18-15(17-12-6-7-12)11-3-1-5-14(9-11)22(19,20)16-10-13-4-2-8-21-13/h1,3,5,9,12-13,16H,2,4,6-8,10H2,(H,17,18)/t13-/m0/s1. The van der Waals surface area contributed by atoms with Crippen molar-refractivity contribution in [3.05, 3.63) is 29.8 Å². The summed E-state index contributed by atoms with van der Waals surface area (Å²) in [4.78, 5) is 12.1. The number of rotatable bonds is 6. The third-order valence-corrected chi connectivity index (χ3v) is 5.27. The Morgan fingerprint density at radius 3 is 2.77 bits per heavy atom. The highest BCUT2D eigenvalue weighted by atomic mass is 32.2. The lowest BCUT2D eigenvalue weighted by Crippen LogP contribution is -2.32. The molecule has 7 heteroatoms. The first-order valence-electron chi connectivity index (χ1n) is 7.57. The Labute approximate surface area is 130 Å². The van der Waals surface area contributed by atoms with Gasteiger partial charge in [0.15, 0.2) is 0 Å². The molecule has 1 aromatic rings. The molecule has 2 aliphatic rings. The molecule has 2 fully saturated rings. The van der Waals surface area contributed by atoms with Crippen molar-refractivity contribution in [2.24, 2.45) is 0 Å². The van der Waals surface area contributed by atoms with E-state index < -0.39 is 10.0 Å². The summed E-state index contributed by atoms with van der Waals surface area (Å²) in [7, 11) is -3.63. The summed E-state index contributed by atoms with van der Waals surface area (Å²) in [5.74, 6) is -0.223. The number of ether oxygens (including phenoxy) is 1. The van der Waals surface area contributed by atoms with E-state index in [0.29, 0.717) is 12.2 Å². The Kier molecular flexibility index (Phi) is 4.46. The van der Waals surface area contributed by atoms with Gasteiger partial charge in [0.05, 0.1) is 11.0 Å². The molecule has 0 aromatic heterocycles. The Morgan fingerprint density at radius 1 is 1.27 bits per heavy atom. The molecule has 1 aliphatic heterocycles. The van der Waals surface area contributed by atoms with Crippen LogP contribution in [-0.2, 0) is 14.8 Å². The Hall–Kier alpha value is -1.44. The summed E-state index contributed by atoms with van der Waals surface area (Å²) >= 11 is 0. The first-order chi connectivity index (χ1) is 10.5. The van der Waals surface area contributed by atoms with Gasteiger partial charge in [-0.3, -0.25) is 4.79 Å². The molecule has 0 bridgehead atoms. The number of carbonyl (C=O) groups excluding carboxylic acids is 1. The van der Waals surface area contributed by atoms with Gasteiger partial charge in [-0.25, -0.2) is 13.1 Å². The van der Waals surface area contributed by atoms with Crippen LogP contribution >= 0.6 is 0 Å². The van der Waals surface area contributed by atoms with Gasteiger partial charge in [-0.05, 0) is 43.9 Å². The SMILES string of the molecule is O=C(NC1CC1)c1cccc(S(=O)(=O)NC[C@@H]2CCCO2)c1. The van der Waals surface area contributed by atoms with Crippen molar-refractivity contribution in [2.45, 2.75) is 42.7 Å². The number of sulfonamides is 1. The van der Waals surface area contributed by atoms with Gasteiger partial charge in [0.25, 0.3) is 5.91 Å². The topological polar surface area (TPSA) is 84.5 Å². The second-order valence-electron chi connectivity index (χ2n) is 5.76. The first kappa shape index (κ1) is 15.5. The van der Waals surface area contributed by atoms with E-state index in [-0.39, 0.29) is 29.5 Å². The zero-order chi connectivity index (χ0) is 15.6. The molecule has 6 nitrogen and oxygen atoms in total. The van der Waals surface area contributed by atoms with E-state index in [9.17, 15) is 13.2 Å². The highest BCUT2D eigenvalue weighted by Crippen LogP contribution is 2.20. The summed E-state index contributed by atoms with van der Waals surface area (Å²) in [5, 5.41) is 2.85. The van der Waals surface area contributed by atoms with Crippen LogP contribution in [0.1, 0.15) is 36.0 Å². The minimum Gasteiger partial charge on any atom is -0.377 e. The molecule has 3 rings (SSSR count). The largest absolute Gasteiger partial charge is 0.377 e. The minimum absolute atomic E-state index is 0.0591. The van der Waals surface area contributed by atoms with Gasteiger partial charge >= 0.3 is 0 Å². The van der Waals surface area contributed by atoms with Crippen LogP contribution in [-0.4, -0.2) is 39.6 Å². The number of hydrogen-bond acceptors (Lipinski definition) is 4. The van der Waals surface area contributed by atoms with E-state index >= 15 is 0 Å². The lowest BCUT2D eigenvalue weighted by Gasteiger charge is -2.12. The number of nitrogens with one attached hydrogen (secondary N) is 2. The zero-order valence-corrected chi connectivity index (χ0v) is 13.1. The number of benzene rings is 1. The van der Waals surface area contributed by atoms with Crippen LogP contribution in [0, 0.1) is 0 Å². The number of hydrogen-bond donors (Lipinski definition) is 2. The Bertz CT molecular complexity index is 649. The van der Waals surface area contributed by atoms with Crippen LogP contribution in [0.3, 0.4) is 0 Å². The highest BCUT2D eigenvalue weighted by molar-refractivity contribution is 7.89. The predicted molar refractivity (Wildman–Crippen MR) is 81.1 cm³/mol. The maximum absolute atomic E-state index is 12.3. The summed E-state index contributed by atoms with van der Waals surface area (Å²) in [6.45, 7) is 0.948. The fourth-order valence-electron chi connectivity index (χ4n) is 2.39. The third-order valence-electron chi connectivity index (χ3n) is 3.84. The highest BCUT2D eigenvalue weighted by Gasteiger charge is 2.25. The van der Waals surface area contributed by atoms with Crippen molar-refractivity contribution >= 4 is 15.9 Å². The second kappa shape index (κ2) is 6.36. The lowest BCUT2D eigenvalue weighted by molar-refractivity contribution is 0.0951. The van der Waals surface area contributed by atoms with Gasteiger partial charge in [-0.15, -0.1) is 0 Å². The van der Waals surface area contributed by atoms with Crippen LogP contribution in [0.5, 0.6) is 0 Å². The second-order valence-corrected chi connectivity index (χ2v) is 7.53. The van der Waals surface area contributed by atoms with Gasteiger partial charge in [-0.1, -0.05) is 6.07 Å². The summed E-state index contributed by atoms with van der Waals surface area (Å²) in [5.41, 5.74) is 0.367. The van der Waals surface area contributed by atoms with Crippen molar-refractivity contribution < 1.29 is 17.9 Å². The molecule has 0 spiro atoms. The van der Waals surface area contributed by atoms with Crippen LogP contribution in [0.2, 0.25) is 0 Å². The fraction of sp³-hybridized carbons (Fsp3) is 0.533. The quantitative estimate of drug-likeness (QED) is 0.819. The molecule has 1 saturated carbocycles. The number of carbonyl (C=O) groups is 1. The van der Waals surface area contributed by atoms with Crippen molar-refractivity contribution in [1.29, 1.82) is 0 Å². The molecule has 1 heterocycles. The average molecular weight is 324 g/mol. The van der Waals surface area contributed by atoms with E-state index in [4.69, 9.17) is 4.74 Å². The molecule has 1 saturated heterocycles. The van der Waals surface area contributed by atoms with E-state index in [1.54, 1.807) is 12.1 Å².